The Bertz CT molecular complexity index is 1160. The third-order valence-electron chi connectivity index (χ3n) is 12.0. The van der Waals surface area contributed by atoms with Gasteiger partial charge in [0.25, 0.3) is 0 Å². The normalized spacial score (nSPS) is 40.3. The van der Waals surface area contributed by atoms with Crippen LogP contribution in [0, 0.1) is 35.5 Å². The SMILES string of the molecule is OCCOc1cc(C23CC4CC(CC(C4)C2)C3)c2c(OCCO)cc(C34CC5CC(CC(C5)C3)C4)cc2c1. The molecule has 8 bridgehead atoms. The zero-order chi connectivity index (χ0) is 25.5. The topological polar surface area (TPSA) is 58.9 Å². The van der Waals surface area contributed by atoms with Crippen LogP contribution in [-0.2, 0) is 10.8 Å². The van der Waals surface area contributed by atoms with E-state index in [1.807, 2.05) is 0 Å². The molecule has 0 saturated heterocycles. The third-order valence-corrected chi connectivity index (χ3v) is 12.0. The quantitative estimate of drug-likeness (QED) is 0.420. The summed E-state index contributed by atoms with van der Waals surface area (Å²) in [5.74, 6) is 7.11. The van der Waals surface area contributed by atoms with Crippen molar-refractivity contribution >= 4 is 10.8 Å². The fourth-order valence-electron chi connectivity index (χ4n) is 11.6. The fraction of sp³-hybridized carbons (Fsp3) is 0.706. The molecule has 0 unspecified atom stereocenters. The number of hydrogen-bond donors (Lipinski definition) is 2. The molecule has 0 aromatic heterocycles. The van der Waals surface area contributed by atoms with Crippen molar-refractivity contribution in [2.45, 2.75) is 87.9 Å². The second kappa shape index (κ2) is 8.86. The van der Waals surface area contributed by atoms with E-state index in [9.17, 15) is 10.2 Å². The maximum atomic E-state index is 9.77. The molecule has 0 heterocycles. The average molecular weight is 517 g/mol. The number of aliphatic hydroxyl groups is 2. The van der Waals surface area contributed by atoms with E-state index in [2.05, 4.69) is 24.3 Å². The fourth-order valence-corrected chi connectivity index (χ4v) is 11.6. The Balaban J connectivity index is 1.31. The highest BCUT2D eigenvalue weighted by atomic mass is 16.5. The van der Waals surface area contributed by atoms with E-state index in [4.69, 9.17) is 9.47 Å². The van der Waals surface area contributed by atoms with Crippen molar-refractivity contribution in [1.82, 2.24) is 0 Å². The first-order valence-corrected chi connectivity index (χ1v) is 15.6. The van der Waals surface area contributed by atoms with E-state index in [0.29, 0.717) is 13.2 Å². The summed E-state index contributed by atoms with van der Waals surface area (Å²) in [6.45, 7) is 0.729. The number of ether oxygens (including phenoxy) is 2. The molecule has 204 valence electrons. The molecule has 2 N–H and O–H groups in total. The molecular formula is C34H44O4. The lowest BCUT2D eigenvalue weighted by Crippen LogP contribution is -2.49. The number of fused-ring (bicyclic) bond motifs is 1. The van der Waals surface area contributed by atoms with Gasteiger partial charge < -0.3 is 19.7 Å². The Hall–Kier alpha value is -1.78. The minimum Gasteiger partial charge on any atom is -0.491 e. The molecule has 8 aliphatic carbocycles. The zero-order valence-corrected chi connectivity index (χ0v) is 22.8. The van der Waals surface area contributed by atoms with Gasteiger partial charge in [-0.2, -0.15) is 0 Å². The number of hydrogen-bond acceptors (Lipinski definition) is 4. The molecule has 4 nitrogen and oxygen atoms in total. The van der Waals surface area contributed by atoms with Gasteiger partial charge in [-0.1, -0.05) is 6.07 Å². The Morgan fingerprint density at radius 1 is 0.605 bits per heavy atom. The largest absolute Gasteiger partial charge is 0.491 e. The van der Waals surface area contributed by atoms with Crippen LogP contribution in [0.1, 0.15) is 88.2 Å². The van der Waals surface area contributed by atoms with Crippen LogP contribution in [-0.4, -0.2) is 36.6 Å². The van der Waals surface area contributed by atoms with Crippen molar-refractivity contribution in [3.05, 3.63) is 35.4 Å². The lowest BCUT2D eigenvalue weighted by Gasteiger charge is -2.57. The maximum Gasteiger partial charge on any atom is 0.127 e. The molecular weight excluding hydrogens is 472 g/mol. The Morgan fingerprint density at radius 3 is 1.63 bits per heavy atom. The highest BCUT2D eigenvalue weighted by molar-refractivity contribution is 5.94. The third kappa shape index (κ3) is 3.76. The van der Waals surface area contributed by atoms with Gasteiger partial charge >= 0.3 is 0 Å². The first-order chi connectivity index (χ1) is 18.5. The van der Waals surface area contributed by atoms with E-state index in [1.54, 1.807) is 0 Å². The van der Waals surface area contributed by atoms with Crippen LogP contribution in [0.2, 0.25) is 0 Å². The first kappa shape index (κ1) is 24.1. The summed E-state index contributed by atoms with van der Waals surface area (Å²) in [4.78, 5) is 0. The lowest BCUT2D eigenvalue weighted by atomic mass is 9.47. The molecule has 8 fully saturated rings. The molecule has 8 saturated carbocycles. The van der Waals surface area contributed by atoms with Crippen molar-refractivity contribution in [2.24, 2.45) is 35.5 Å². The van der Waals surface area contributed by atoms with Crippen molar-refractivity contribution in [3.8, 4) is 11.5 Å². The van der Waals surface area contributed by atoms with Crippen LogP contribution in [0.15, 0.2) is 24.3 Å². The molecule has 0 atom stereocenters. The summed E-state index contributed by atoms with van der Waals surface area (Å²) in [6.07, 6.45) is 16.4. The molecule has 38 heavy (non-hydrogen) atoms. The molecule has 8 aliphatic rings. The summed E-state index contributed by atoms with van der Waals surface area (Å²) in [7, 11) is 0. The summed E-state index contributed by atoms with van der Waals surface area (Å²) in [6, 6.07) is 9.43. The molecule has 2 aromatic carbocycles. The molecule has 0 radical (unpaired) electrons. The van der Waals surface area contributed by atoms with Crippen LogP contribution >= 0.6 is 0 Å². The lowest BCUT2D eigenvalue weighted by molar-refractivity contribution is -0.00533. The molecule has 0 aliphatic heterocycles. The summed E-state index contributed by atoms with van der Waals surface area (Å²) < 4.78 is 12.6. The molecule has 4 heteroatoms. The van der Waals surface area contributed by atoms with Crippen LogP contribution in [0.3, 0.4) is 0 Å². The summed E-state index contributed by atoms with van der Waals surface area (Å²) in [5, 5.41) is 21.8. The smallest absolute Gasteiger partial charge is 0.127 e. The van der Waals surface area contributed by atoms with Gasteiger partial charge in [0, 0.05) is 5.39 Å². The number of aliphatic hydroxyl groups excluding tert-OH is 2. The Morgan fingerprint density at radius 2 is 1.11 bits per heavy atom. The zero-order valence-electron chi connectivity index (χ0n) is 22.8. The predicted molar refractivity (Wildman–Crippen MR) is 149 cm³/mol. The van der Waals surface area contributed by atoms with E-state index >= 15 is 0 Å². The van der Waals surface area contributed by atoms with Gasteiger partial charge in [-0.05, 0) is 158 Å². The van der Waals surface area contributed by atoms with Gasteiger partial charge in [-0.15, -0.1) is 0 Å². The van der Waals surface area contributed by atoms with E-state index in [1.165, 1.54) is 98.9 Å². The van der Waals surface area contributed by atoms with Gasteiger partial charge in [0.05, 0.1) is 13.2 Å². The minimum atomic E-state index is 0.0307. The molecule has 10 rings (SSSR count). The van der Waals surface area contributed by atoms with Crippen LogP contribution in [0.4, 0.5) is 0 Å². The van der Waals surface area contributed by atoms with Crippen molar-refractivity contribution in [1.29, 1.82) is 0 Å². The second-order valence-corrected chi connectivity index (χ2v) is 14.6. The van der Waals surface area contributed by atoms with Gasteiger partial charge in [0.1, 0.15) is 24.7 Å². The van der Waals surface area contributed by atoms with Crippen molar-refractivity contribution in [2.75, 3.05) is 26.4 Å². The van der Waals surface area contributed by atoms with E-state index in [0.717, 1.165) is 47.0 Å². The van der Waals surface area contributed by atoms with Crippen LogP contribution < -0.4 is 9.47 Å². The van der Waals surface area contributed by atoms with Crippen molar-refractivity contribution in [3.63, 3.8) is 0 Å². The average Bonchev–Trinajstić information content (AvgIpc) is 2.88. The Labute approximate surface area is 227 Å². The number of rotatable bonds is 8. The standard InChI is InChI=1S/C34H44O4/c35-1-3-37-29-12-27-11-28(33-15-21-5-22(16-33)7-23(6-21)17-33)13-31(38-4-2-36)32(27)30(14-29)34-18-24-8-25(19-34)10-26(9-24)20-34/h11-14,21-26,35-36H,1-10,15-20H2. The van der Waals surface area contributed by atoms with Crippen LogP contribution in [0.25, 0.3) is 10.8 Å². The van der Waals surface area contributed by atoms with Gasteiger partial charge in [-0.3, -0.25) is 0 Å². The van der Waals surface area contributed by atoms with Gasteiger partial charge in [-0.25, -0.2) is 0 Å². The minimum absolute atomic E-state index is 0.0307. The number of benzene rings is 2. The molecule has 0 amide bonds. The van der Waals surface area contributed by atoms with E-state index < -0.39 is 0 Å². The van der Waals surface area contributed by atoms with E-state index in [-0.39, 0.29) is 24.0 Å². The molecule has 2 aromatic rings. The first-order valence-electron chi connectivity index (χ1n) is 15.6. The summed E-state index contributed by atoms with van der Waals surface area (Å²) in [5.41, 5.74) is 3.37. The maximum absolute atomic E-state index is 9.77. The second-order valence-electron chi connectivity index (χ2n) is 14.6. The van der Waals surface area contributed by atoms with Gasteiger partial charge in [0.2, 0.25) is 0 Å². The highest BCUT2D eigenvalue weighted by Gasteiger charge is 2.54. The highest BCUT2D eigenvalue weighted by Crippen LogP contribution is 2.64. The van der Waals surface area contributed by atoms with Crippen LogP contribution in [0.5, 0.6) is 11.5 Å². The molecule has 0 spiro atoms. The Kier molecular flexibility index (Phi) is 5.61. The van der Waals surface area contributed by atoms with Gasteiger partial charge in [0.15, 0.2) is 0 Å². The monoisotopic (exact) mass is 516 g/mol. The van der Waals surface area contributed by atoms with Crippen molar-refractivity contribution < 1.29 is 19.7 Å². The summed E-state index contributed by atoms with van der Waals surface area (Å²) >= 11 is 0. The predicted octanol–water partition coefficient (Wildman–Crippen LogP) is 6.52.